The summed E-state index contributed by atoms with van der Waals surface area (Å²) in [6, 6.07) is -5.01. The highest BCUT2D eigenvalue weighted by atomic mass is 19.1. The zero-order valence-corrected chi connectivity index (χ0v) is 34.0. The second kappa shape index (κ2) is 21.4. The first-order valence-electron chi connectivity index (χ1n) is 19.2. The molecule has 4 rings (SSSR count). The smallest absolute Gasteiger partial charge is 0.303 e. The van der Waals surface area contributed by atoms with Gasteiger partial charge in [0, 0.05) is 66.7 Å². The van der Waals surface area contributed by atoms with E-state index in [-0.39, 0.29) is 19.5 Å². The van der Waals surface area contributed by atoms with Crippen LogP contribution in [-0.2, 0) is 85.6 Å². The minimum absolute atomic E-state index is 0.0450. The fraction of sp³-hybridized carbons (Fsp3) is 0.829. The summed E-state index contributed by atoms with van der Waals surface area (Å²) in [6.07, 6.45) is -22.1. The predicted octanol–water partition coefficient (Wildman–Crippen LogP) is -4.49. The van der Waals surface area contributed by atoms with Crippen molar-refractivity contribution in [3.63, 3.8) is 0 Å². The number of alkyl halides is 1. The summed E-state index contributed by atoms with van der Waals surface area (Å²) in [5.41, 5.74) is 37.5. The number of ether oxygens (including phenoxy) is 12. The van der Waals surface area contributed by atoms with Crippen molar-refractivity contribution < 1.29 is 90.0 Å². The zero-order valence-electron chi connectivity index (χ0n) is 34.0. The number of hydrogen-bond donors (Lipinski definition) is 6. The van der Waals surface area contributed by atoms with Crippen molar-refractivity contribution >= 4 is 35.8 Å². The molecule has 0 radical (unpaired) electrons. The third-order valence-corrected chi connectivity index (χ3v) is 9.97. The Labute approximate surface area is 344 Å². The van der Waals surface area contributed by atoms with E-state index in [2.05, 4.69) is 0 Å². The second-order valence-corrected chi connectivity index (χ2v) is 14.7. The number of nitrogens with two attached hydrogens (primary N) is 6. The molecule has 60 heavy (non-hydrogen) atoms. The summed E-state index contributed by atoms with van der Waals surface area (Å²) in [7, 11) is 0. The van der Waals surface area contributed by atoms with E-state index in [9.17, 15) is 28.8 Å². The van der Waals surface area contributed by atoms with Gasteiger partial charge in [-0.3, -0.25) is 28.8 Å². The summed E-state index contributed by atoms with van der Waals surface area (Å²) in [5, 5.41) is 0. The van der Waals surface area contributed by atoms with Crippen LogP contribution in [0.3, 0.4) is 0 Å². The minimum atomic E-state index is -2.03. The van der Waals surface area contributed by atoms with Gasteiger partial charge in [0.05, 0.1) is 12.1 Å². The molecule has 0 spiro atoms. The first kappa shape index (κ1) is 48.9. The van der Waals surface area contributed by atoms with Crippen LogP contribution in [0.1, 0.15) is 48.0 Å². The Kier molecular flexibility index (Phi) is 17.4. The Balaban J connectivity index is 1.73. The van der Waals surface area contributed by atoms with Crippen molar-refractivity contribution in [1.29, 1.82) is 0 Å². The van der Waals surface area contributed by atoms with Gasteiger partial charge in [-0.05, 0) is 6.42 Å². The molecule has 0 unspecified atom stereocenters. The Bertz CT molecular complexity index is 1530. The fourth-order valence-corrected chi connectivity index (χ4v) is 7.49. The van der Waals surface area contributed by atoms with E-state index in [0.717, 1.165) is 41.5 Å². The lowest BCUT2D eigenvalue weighted by Gasteiger charge is -2.48. The molecular weight excluding hydrogens is 811 g/mol. The monoisotopic (exact) mass is 868 g/mol. The van der Waals surface area contributed by atoms with Crippen molar-refractivity contribution in [3.8, 4) is 0 Å². The summed E-state index contributed by atoms with van der Waals surface area (Å²) < 4.78 is 85.2. The van der Waals surface area contributed by atoms with Gasteiger partial charge in [0.15, 0.2) is 49.5 Å². The van der Waals surface area contributed by atoms with Crippen LogP contribution in [0.4, 0.5) is 4.39 Å². The third-order valence-electron chi connectivity index (χ3n) is 9.97. The number of carbonyl (C=O) groups excluding carboxylic acids is 6. The SMILES string of the molecule is CC(=O)OC[C@H]1O[C@@H](O[C@@H]2[C@@H](OC(C)=O)[C@H](N)C[C@H](N)[C@H]2O[C@H]2O[C@H](CN)[C@@H](OC(C)=O)[C@@H](F)[C@H]2N)[C@H](OC(C)=O)[C@@H]1O[C@H]1O[C@@H](CN)[C@@H](OC(C)=O)[C@H](OC(C)=O)[C@H]1N. The van der Waals surface area contributed by atoms with Crippen molar-refractivity contribution in [2.75, 3.05) is 19.7 Å². The number of rotatable bonds is 15. The van der Waals surface area contributed by atoms with E-state index < -0.39 is 159 Å². The number of esters is 6. The zero-order chi connectivity index (χ0) is 44.7. The van der Waals surface area contributed by atoms with Crippen molar-refractivity contribution in [2.45, 2.75) is 164 Å². The maximum Gasteiger partial charge on any atom is 0.303 e. The molecule has 0 aromatic rings. The molecule has 12 N–H and O–H groups in total. The van der Waals surface area contributed by atoms with Crippen LogP contribution in [0, 0.1) is 0 Å². The summed E-state index contributed by atoms with van der Waals surface area (Å²) in [6.45, 7) is 5.44. The minimum Gasteiger partial charge on any atom is -0.463 e. The molecule has 19 atom stereocenters. The molecule has 25 heteroatoms. The van der Waals surface area contributed by atoms with Gasteiger partial charge in [-0.1, -0.05) is 0 Å². The van der Waals surface area contributed by atoms with Gasteiger partial charge in [-0.25, -0.2) is 4.39 Å². The van der Waals surface area contributed by atoms with Crippen LogP contribution in [-0.4, -0.2) is 172 Å². The third kappa shape index (κ3) is 12.0. The normalized spacial score (nSPS) is 40.5. The summed E-state index contributed by atoms with van der Waals surface area (Å²) >= 11 is 0. The van der Waals surface area contributed by atoms with Crippen LogP contribution in [0.25, 0.3) is 0 Å². The molecular formula is C35H57FN6O18. The summed E-state index contributed by atoms with van der Waals surface area (Å²) in [4.78, 5) is 73.0. The highest BCUT2D eigenvalue weighted by Crippen LogP contribution is 2.37. The molecule has 3 heterocycles. The Morgan fingerprint density at radius 1 is 0.483 bits per heavy atom. The molecule has 342 valence electrons. The predicted molar refractivity (Wildman–Crippen MR) is 195 cm³/mol. The second-order valence-electron chi connectivity index (χ2n) is 14.7. The molecule has 1 aliphatic carbocycles. The number of halogens is 1. The van der Waals surface area contributed by atoms with E-state index in [1.807, 2.05) is 0 Å². The van der Waals surface area contributed by atoms with E-state index >= 15 is 4.39 Å². The topological polar surface area (TPSA) is 369 Å². The van der Waals surface area contributed by atoms with Gasteiger partial charge < -0.3 is 91.2 Å². The maximum absolute atomic E-state index is 15.7. The van der Waals surface area contributed by atoms with Gasteiger partial charge in [0.2, 0.25) is 0 Å². The fourth-order valence-electron chi connectivity index (χ4n) is 7.49. The number of carbonyl (C=O) groups is 6. The average Bonchev–Trinajstić information content (AvgIpc) is 3.45. The highest BCUT2D eigenvalue weighted by molar-refractivity contribution is 5.68. The molecule has 0 aromatic heterocycles. The highest BCUT2D eigenvalue weighted by Gasteiger charge is 2.58. The molecule has 24 nitrogen and oxygen atoms in total. The van der Waals surface area contributed by atoms with E-state index in [0.29, 0.717) is 0 Å². The molecule has 0 amide bonds. The van der Waals surface area contributed by atoms with Crippen LogP contribution in [0.5, 0.6) is 0 Å². The van der Waals surface area contributed by atoms with Crippen molar-refractivity contribution in [1.82, 2.24) is 0 Å². The first-order valence-corrected chi connectivity index (χ1v) is 19.2. The average molecular weight is 869 g/mol. The Hall–Kier alpha value is -3.73. The van der Waals surface area contributed by atoms with Crippen LogP contribution < -0.4 is 34.4 Å². The van der Waals surface area contributed by atoms with E-state index in [1.165, 1.54) is 0 Å². The van der Waals surface area contributed by atoms with Crippen LogP contribution in [0.2, 0.25) is 0 Å². The first-order chi connectivity index (χ1) is 28.2. The van der Waals surface area contributed by atoms with Gasteiger partial charge >= 0.3 is 35.8 Å². The molecule has 0 aromatic carbocycles. The standard InChI is InChI=1S/C35H57FN6O18/c1-11(43)49-10-21-29(59-34-24(42)30(53-15(5)47)28(52-14(4)46)20(9-38)56-34)32(54-16(6)48)35(57-21)60-31-25(50-12(2)44)17(39)7-18(40)26(31)58-33-23(41)22(36)27(51-13(3)45)19(8-37)55-33/h17-35H,7-10,37-42H2,1-6H3/t17-,18+,19-,20+,21-,22+,23-,24-,25+,26-,27-,28-,29-,30-,31-,32-,33-,34-,35+/m1/s1. The number of hydrogen-bond acceptors (Lipinski definition) is 24. The lowest BCUT2D eigenvalue weighted by molar-refractivity contribution is -0.304. The lowest BCUT2D eigenvalue weighted by atomic mass is 9.84. The maximum atomic E-state index is 15.7. The van der Waals surface area contributed by atoms with E-state index in [4.69, 9.17) is 91.2 Å². The summed E-state index contributed by atoms with van der Waals surface area (Å²) in [5.74, 6) is -4.78. The van der Waals surface area contributed by atoms with Crippen molar-refractivity contribution in [3.05, 3.63) is 0 Å². The molecule has 1 saturated carbocycles. The Morgan fingerprint density at radius 3 is 1.43 bits per heavy atom. The lowest BCUT2D eigenvalue weighted by Crippen LogP contribution is -2.68. The van der Waals surface area contributed by atoms with Gasteiger partial charge in [-0.2, -0.15) is 0 Å². The van der Waals surface area contributed by atoms with E-state index in [1.54, 1.807) is 0 Å². The van der Waals surface area contributed by atoms with Crippen LogP contribution in [0.15, 0.2) is 0 Å². The Morgan fingerprint density at radius 2 is 0.900 bits per heavy atom. The molecule has 3 saturated heterocycles. The quantitative estimate of drug-likeness (QED) is 0.0667. The van der Waals surface area contributed by atoms with Gasteiger partial charge in [0.25, 0.3) is 0 Å². The molecule has 4 fully saturated rings. The van der Waals surface area contributed by atoms with Crippen molar-refractivity contribution in [2.24, 2.45) is 34.4 Å². The van der Waals surface area contributed by atoms with Gasteiger partial charge in [-0.15, -0.1) is 0 Å². The van der Waals surface area contributed by atoms with Gasteiger partial charge in [0.1, 0.15) is 49.3 Å². The molecule has 3 aliphatic heterocycles. The molecule has 4 aliphatic rings. The largest absolute Gasteiger partial charge is 0.463 e. The molecule has 0 bridgehead atoms. The van der Waals surface area contributed by atoms with Crippen LogP contribution >= 0.6 is 0 Å².